The smallest absolute Gasteiger partial charge is 0.109 e. The van der Waals surface area contributed by atoms with Gasteiger partial charge in [-0.1, -0.05) is 0 Å². The Labute approximate surface area is 84.7 Å². The number of ether oxygens (including phenoxy) is 1. The fourth-order valence-electron chi connectivity index (χ4n) is 2.62. The third-order valence-electron chi connectivity index (χ3n) is 3.85. The Morgan fingerprint density at radius 3 is 2.79 bits per heavy atom. The van der Waals surface area contributed by atoms with E-state index in [4.69, 9.17) is 10.00 Å². The molecule has 2 aliphatic rings. The van der Waals surface area contributed by atoms with Crippen LogP contribution in [0.5, 0.6) is 0 Å². The number of hydrogen-bond acceptors (Lipinski definition) is 3. The minimum atomic E-state index is -0.950. The van der Waals surface area contributed by atoms with E-state index in [1.807, 2.05) is 0 Å². The van der Waals surface area contributed by atoms with Crippen molar-refractivity contribution in [3.05, 3.63) is 0 Å². The molecule has 0 aromatic heterocycles. The highest BCUT2D eigenvalue weighted by Gasteiger charge is 2.55. The Bertz CT molecular complexity index is 282. The summed E-state index contributed by atoms with van der Waals surface area (Å²) in [5, 5.41) is 19.6. The second kappa shape index (κ2) is 2.95. The molecule has 0 aromatic rings. The maximum atomic E-state index is 10.5. The van der Waals surface area contributed by atoms with E-state index in [9.17, 15) is 5.11 Å². The number of nitrogens with zero attached hydrogens (tertiary/aromatic N) is 1. The highest BCUT2D eigenvalue weighted by molar-refractivity contribution is 5.13. The van der Waals surface area contributed by atoms with Gasteiger partial charge in [0.05, 0.1) is 23.7 Å². The SMILES string of the molecule is CC(C)(C#N)C1(O)CCC2CCC1O2. The van der Waals surface area contributed by atoms with Crippen LogP contribution in [0, 0.1) is 16.7 Å². The normalized spacial score (nSPS) is 42.1. The number of rotatable bonds is 1. The molecule has 2 heterocycles. The molecule has 0 radical (unpaired) electrons. The highest BCUT2D eigenvalue weighted by Crippen LogP contribution is 2.47. The Balaban J connectivity index is 2.28. The lowest BCUT2D eigenvalue weighted by molar-refractivity contribution is -0.181. The zero-order chi connectivity index (χ0) is 10.4. The van der Waals surface area contributed by atoms with Crippen LogP contribution in [0.2, 0.25) is 0 Å². The van der Waals surface area contributed by atoms with E-state index < -0.39 is 11.0 Å². The van der Waals surface area contributed by atoms with E-state index in [1.165, 1.54) is 0 Å². The van der Waals surface area contributed by atoms with Crippen molar-refractivity contribution in [2.45, 2.75) is 57.3 Å². The van der Waals surface area contributed by atoms with E-state index in [0.29, 0.717) is 12.5 Å². The van der Waals surface area contributed by atoms with Gasteiger partial charge in [0.2, 0.25) is 0 Å². The summed E-state index contributed by atoms with van der Waals surface area (Å²) in [5.41, 5.74) is -1.66. The van der Waals surface area contributed by atoms with Crippen LogP contribution >= 0.6 is 0 Å². The molecule has 2 saturated heterocycles. The Morgan fingerprint density at radius 1 is 1.43 bits per heavy atom. The predicted octanol–water partition coefficient (Wildman–Crippen LogP) is 1.61. The summed E-state index contributed by atoms with van der Waals surface area (Å²) in [6.45, 7) is 3.60. The summed E-state index contributed by atoms with van der Waals surface area (Å²) in [6, 6.07) is 2.20. The van der Waals surface area contributed by atoms with Crippen molar-refractivity contribution < 1.29 is 9.84 Å². The lowest BCUT2D eigenvalue weighted by Gasteiger charge is -2.45. The van der Waals surface area contributed by atoms with Gasteiger partial charge in [-0.25, -0.2) is 0 Å². The molecule has 14 heavy (non-hydrogen) atoms. The van der Waals surface area contributed by atoms with Crippen molar-refractivity contribution in [3.8, 4) is 6.07 Å². The first-order valence-electron chi connectivity index (χ1n) is 5.29. The maximum Gasteiger partial charge on any atom is 0.109 e. The third kappa shape index (κ3) is 1.18. The summed E-state index contributed by atoms with van der Waals surface area (Å²) >= 11 is 0. The van der Waals surface area contributed by atoms with Gasteiger partial charge in [-0.3, -0.25) is 0 Å². The van der Waals surface area contributed by atoms with Crippen LogP contribution in [0.3, 0.4) is 0 Å². The zero-order valence-corrected chi connectivity index (χ0v) is 8.79. The minimum Gasteiger partial charge on any atom is -0.386 e. The van der Waals surface area contributed by atoms with E-state index in [2.05, 4.69) is 6.07 Å². The Hall–Kier alpha value is -0.590. The molecule has 78 valence electrons. The first-order valence-corrected chi connectivity index (χ1v) is 5.29. The van der Waals surface area contributed by atoms with Gasteiger partial charge >= 0.3 is 0 Å². The number of hydrogen-bond donors (Lipinski definition) is 1. The van der Waals surface area contributed by atoms with Crippen molar-refractivity contribution in [1.29, 1.82) is 5.26 Å². The molecule has 2 rings (SSSR count). The van der Waals surface area contributed by atoms with Crippen molar-refractivity contribution in [1.82, 2.24) is 0 Å². The average molecular weight is 195 g/mol. The molecule has 3 nitrogen and oxygen atoms in total. The molecule has 0 saturated carbocycles. The average Bonchev–Trinajstić information content (AvgIpc) is 2.57. The van der Waals surface area contributed by atoms with E-state index in [1.54, 1.807) is 13.8 Å². The van der Waals surface area contributed by atoms with Crippen LogP contribution in [0.4, 0.5) is 0 Å². The van der Waals surface area contributed by atoms with Crippen LogP contribution in [0.1, 0.15) is 39.5 Å². The van der Waals surface area contributed by atoms with Crippen LogP contribution in [0.15, 0.2) is 0 Å². The van der Waals surface area contributed by atoms with Crippen LogP contribution in [-0.2, 0) is 4.74 Å². The summed E-state index contributed by atoms with van der Waals surface area (Å²) in [5.74, 6) is 0. The second-order valence-corrected chi connectivity index (χ2v) is 5.02. The first-order chi connectivity index (χ1) is 6.49. The van der Waals surface area contributed by atoms with Gasteiger partial charge in [-0.2, -0.15) is 5.26 Å². The Morgan fingerprint density at radius 2 is 2.14 bits per heavy atom. The molecule has 0 amide bonds. The lowest BCUT2D eigenvalue weighted by Crippen LogP contribution is -2.55. The summed E-state index contributed by atoms with van der Waals surface area (Å²) in [6.07, 6.45) is 3.72. The van der Waals surface area contributed by atoms with Crippen LogP contribution < -0.4 is 0 Å². The topological polar surface area (TPSA) is 53.2 Å². The highest BCUT2D eigenvalue weighted by atomic mass is 16.5. The number of nitriles is 1. The van der Waals surface area contributed by atoms with Gasteiger partial charge in [0, 0.05) is 0 Å². The van der Waals surface area contributed by atoms with Crippen molar-refractivity contribution in [3.63, 3.8) is 0 Å². The largest absolute Gasteiger partial charge is 0.386 e. The number of fused-ring (bicyclic) bond motifs is 2. The molecule has 3 atom stereocenters. The molecule has 3 unspecified atom stereocenters. The van der Waals surface area contributed by atoms with Gasteiger partial charge in [-0.05, 0) is 39.5 Å². The fraction of sp³-hybridized carbons (Fsp3) is 0.909. The zero-order valence-electron chi connectivity index (χ0n) is 8.79. The summed E-state index contributed by atoms with van der Waals surface area (Å²) < 4.78 is 5.70. The van der Waals surface area contributed by atoms with E-state index in [-0.39, 0.29) is 6.10 Å². The van der Waals surface area contributed by atoms with Crippen LogP contribution in [0.25, 0.3) is 0 Å². The van der Waals surface area contributed by atoms with Gasteiger partial charge in [-0.15, -0.1) is 0 Å². The molecule has 0 spiro atoms. The maximum absolute atomic E-state index is 10.5. The van der Waals surface area contributed by atoms with Gasteiger partial charge in [0.15, 0.2) is 0 Å². The molecular formula is C11H17NO2. The first kappa shape index (κ1) is 9.95. The van der Waals surface area contributed by atoms with Crippen molar-refractivity contribution >= 4 is 0 Å². The molecular weight excluding hydrogens is 178 g/mol. The van der Waals surface area contributed by atoms with Crippen molar-refractivity contribution in [2.24, 2.45) is 5.41 Å². The quantitative estimate of drug-likeness (QED) is 0.691. The molecule has 1 N–H and O–H groups in total. The molecule has 0 aliphatic carbocycles. The standard InChI is InChI=1S/C11H17NO2/c1-10(2,7-12)11(13)6-5-8-3-4-9(11)14-8/h8-9,13H,3-6H2,1-2H3. The molecule has 2 bridgehead atoms. The second-order valence-electron chi connectivity index (χ2n) is 5.02. The fourth-order valence-corrected chi connectivity index (χ4v) is 2.62. The van der Waals surface area contributed by atoms with E-state index >= 15 is 0 Å². The monoisotopic (exact) mass is 195 g/mol. The Kier molecular flexibility index (Phi) is 2.09. The molecule has 0 aromatic carbocycles. The number of aliphatic hydroxyl groups is 1. The van der Waals surface area contributed by atoms with Gasteiger partial charge < -0.3 is 9.84 Å². The lowest BCUT2D eigenvalue weighted by atomic mass is 9.69. The minimum absolute atomic E-state index is 0.129. The van der Waals surface area contributed by atoms with Gasteiger partial charge in [0.1, 0.15) is 5.60 Å². The molecule has 2 fully saturated rings. The summed E-state index contributed by atoms with van der Waals surface area (Å²) in [7, 11) is 0. The summed E-state index contributed by atoms with van der Waals surface area (Å²) in [4.78, 5) is 0. The third-order valence-corrected chi connectivity index (χ3v) is 3.85. The van der Waals surface area contributed by atoms with Gasteiger partial charge in [0.25, 0.3) is 0 Å². The van der Waals surface area contributed by atoms with Crippen LogP contribution in [-0.4, -0.2) is 22.9 Å². The molecule has 2 aliphatic heterocycles. The van der Waals surface area contributed by atoms with Crippen molar-refractivity contribution in [2.75, 3.05) is 0 Å². The molecule has 3 heteroatoms. The predicted molar refractivity (Wildman–Crippen MR) is 51.5 cm³/mol. The van der Waals surface area contributed by atoms with E-state index in [0.717, 1.165) is 19.3 Å².